The predicted molar refractivity (Wildman–Crippen MR) is 115 cm³/mol. The molecule has 2 aromatic carbocycles. The first-order valence-electron chi connectivity index (χ1n) is 9.81. The van der Waals surface area contributed by atoms with Gasteiger partial charge >= 0.3 is 10.1 Å². The monoisotopic (exact) mass is 434 g/mol. The van der Waals surface area contributed by atoms with Crippen molar-refractivity contribution in [1.82, 2.24) is 0 Å². The number of likely N-dealkylation sites (N-methyl/N-ethyl adjacent to an activating group) is 1. The van der Waals surface area contributed by atoms with Gasteiger partial charge in [0, 0.05) is 24.4 Å². The summed E-state index contributed by atoms with van der Waals surface area (Å²) in [5.41, 5.74) is 2.78. The van der Waals surface area contributed by atoms with Gasteiger partial charge in [0.05, 0.1) is 37.5 Å². The number of fused-ring (bicyclic) bond motifs is 1. The van der Waals surface area contributed by atoms with Gasteiger partial charge in [0.25, 0.3) is 5.69 Å². The number of hydrogen-bond acceptors (Lipinski definition) is 6. The van der Waals surface area contributed by atoms with Crippen LogP contribution in [0.15, 0.2) is 47.4 Å². The zero-order valence-corrected chi connectivity index (χ0v) is 18.6. The second-order valence-electron chi connectivity index (χ2n) is 8.55. The fraction of sp³-hybridized carbons (Fsp3) is 0.429. The fourth-order valence-corrected chi connectivity index (χ4v) is 4.63. The van der Waals surface area contributed by atoms with E-state index in [0.29, 0.717) is 13.1 Å². The topological polar surface area (TPSA) is 89.8 Å². The molecule has 1 heterocycles. The van der Waals surface area contributed by atoms with Crippen molar-refractivity contribution >= 4 is 21.5 Å². The number of hydrogen-bond donors (Lipinski definition) is 0. The summed E-state index contributed by atoms with van der Waals surface area (Å²) in [5.74, 6) is 0. The zero-order valence-electron chi connectivity index (χ0n) is 17.7. The molecule has 0 saturated carbocycles. The number of nitrogens with zero attached hydrogens (tertiary/aromatic N) is 3. The number of anilines is 1. The van der Waals surface area contributed by atoms with E-state index in [1.54, 1.807) is 24.3 Å². The SMILES string of the molecule is Cc1ccc(S(=O)(=O)OC(CN2CCCc3ccc([N+](=O)[O-])cc32)[N+](C)(C)C)cc1. The van der Waals surface area contributed by atoms with Crippen LogP contribution in [0.5, 0.6) is 0 Å². The first-order chi connectivity index (χ1) is 14.0. The number of rotatable bonds is 7. The van der Waals surface area contributed by atoms with Crippen LogP contribution in [0.4, 0.5) is 11.4 Å². The summed E-state index contributed by atoms with van der Waals surface area (Å²) >= 11 is 0. The normalized spacial score (nSPS) is 15.5. The van der Waals surface area contributed by atoms with Crippen LogP contribution < -0.4 is 4.90 Å². The van der Waals surface area contributed by atoms with Crippen LogP contribution >= 0.6 is 0 Å². The molecule has 9 heteroatoms. The van der Waals surface area contributed by atoms with Crippen molar-refractivity contribution in [2.75, 3.05) is 39.1 Å². The minimum absolute atomic E-state index is 0.0237. The molecule has 0 aliphatic carbocycles. The van der Waals surface area contributed by atoms with Crippen LogP contribution in [0.1, 0.15) is 17.5 Å². The second-order valence-corrected chi connectivity index (χ2v) is 10.1. The molecule has 0 fully saturated rings. The lowest BCUT2D eigenvalue weighted by Crippen LogP contribution is -2.54. The Balaban J connectivity index is 1.89. The summed E-state index contributed by atoms with van der Waals surface area (Å²) in [6, 6.07) is 11.4. The molecule has 1 unspecified atom stereocenters. The van der Waals surface area contributed by atoms with Crippen molar-refractivity contribution in [3.8, 4) is 0 Å². The lowest BCUT2D eigenvalue weighted by molar-refractivity contribution is -0.913. The van der Waals surface area contributed by atoms with Crippen LogP contribution in [0, 0.1) is 17.0 Å². The van der Waals surface area contributed by atoms with E-state index in [0.717, 1.165) is 29.7 Å². The van der Waals surface area contributed by atoms with Gasteiger partial charge in [-0.1, -0.05) is 23.8 Å². The maximum absolute atomic E-state index is 12.9. The summed E-state index contributed by atoms with van der Waals surface area (Å²) in [5, 5.41) is 11.2. The molecule has 1 atom stereocenters. The van der Waals surface area contributed by atoms with Gasteiger partial charge in [0.15, 0.2) is 0 Å². The van der Waals surface area contributed by atoms with Crippen molar-refractivity contribution in [1.29, 1.82) is 0 Å². The molecule has 8 nitrogen and oxygen atoms in total. The van der Waals surface area contributed by atoms with E-state index in [1.165, 1.54) is 18.2 Å². The van der Waals surface area contributed by atoms with E-state index in [2.05, 4.69) is 0 Å². The summed E-state index contributed by atoms with van der Waals surface area (Å²) in [4.78, 5) is 12.9. The van der Waals surface area contributed by atoms with Crippen LogP contribution in [-0.4, -0.2) is 58.3 Å². The molecular formula is C21H28N3O5S+. The van der Waals surface area contributed by atoms with Crippen molar-refractivity contribution in [2.24, 2.45) is 0 Å². The molecule has 0 radical (unpaired) electrons. The number of nitro benzene ring substituents is 1. The van der Waals surface area contributed by atoms with Crippen molar-refractivity contribution in [3.05, 3.63) is 63.7 Å². The molecule has 3 rings (SSSR count). The molecule has 30 heavy (non-hydrogen) atoms. The van der Waals surface area contributed by atoms with Crippen LogP contribution in [-0.2, 0) is 20.7 Å². The lowest BCUT2D eigenvalue weighted by atomic mass is 10.0. The van der Waals surface area contributed by atoms with Gasteiger partial charge in [0.1, 0.15) is 0 Å². The van der Waals surface area contributed by atoms with E-state index in [9.17, 15) is 18.5 Å². The highest BCUT2D eigenvalue weighted by atomic mass is 32.2. The summed E-state index contributed by atoms with van der Waals surface area (Å²) in [6.07, 6.45) is 1.03. The molecule has 0 bridgehead atoms. The van der Waals surface area contributed by atoms with Gasteiger partial charge in [0.2, 0.25) is 6.23 Å². The minimum Gasteiger partial charge on any atom is -0.362 e. The molecular weight excluding hydrogens is 406 g/mol. The molecule has 2 aromatic rings. The van der Waals surface area contributed by atoms with Crippen molar-refractivity contribution < 1.29 is 22.0 Å². The lowest BCUT2D eigenvalue weighted by Gasteiger charge is -2.38. The van der Waals surface area contributed by atoms with E-state index in [4.69, 9.17) is 4.18 Å². The molecule has 0 amide bonds. The Morgan fingerprint density at radius 2 is 1.83 bits per heavy atom. The number of non-ortho nitro benzene ring substituents is 1. The Kier molecular flexibility index (Phi) is 6.16. The van der Waals surface area contributed by atoms with Crippen molar-refractivity contribution in [2.45, 2.75) is 30.9 Å². The minimum atomic E-state index is -3.96. The van der Waals surface area contributed by atoms with Crippen LogP contribution in [0.2, 0.25) is 0 Å². The molecule has 0 N–H and O–H groups in total. The van der Waals surface area contributed by atoms with Gasteiger partial charge in [-0.25, -0.2) is 4.18 Å². The van der Waals surface area contributed by atoms with E-state index in [1.807, 2.05) is 33.0 Å². The number of aryl methyl sites for hydroxylation is 2. The average molecular weight is 435 g/mol. The van der Waals surface area contributed by atoms with Gasteiger partial charge in [-0.05, 0) is 37.5 Å². The predicted octanol–water partition coefficient (Wildman–Crippen LogP) is 3.09. The maximum atomic E-state index is 12.9. The zero-order chi connectivity index (χ0) is 22.1. The molecule has 1 aliphatic rings. The van der Waals surface area contributed by atoms with Crippen molar-refractivity contribution in [3.63, 3.8) is 0 Å². The molecule has 0 saturated heterocycles. The largest absolute Gasteiger partial charge is 0.362 e. The fourth-order valence-electron chi connectivity index (χ4n) is 3.44. The first kappa shape index (κ1) is 22.2. The third-order valence-electron chi connectivity index (χ3n) is 5.28. The van der Waals surface area contributed by atoms with E-state index >= 15 is 0 Å². The highest BCUT2D eigenvalue weighted by Gasteiger charge is 2.35. The molecule has 0 aromatic heterocycles. The number of benzene rings is 2. The van der Waals surface area contributed by atoms with Crippen LogP contribution in [0.25, 0.3) is 0 Å². The Morgan fingerprint density at radius 3 is 2.43 bits per heavy atom. The van der Waals surface area contributed by atoms with Gasteiger partial charge in [-0.3, -0.25) is 10.1 Å². The maximum Gasteiger partial charge on any atom is 0.301 e. The Bertz CT molecular complexity index is 1030. The van der Waals surface area contributed by atoms with Gasteiger partial charge < -0.3 is 9.38 Å². The van der Waals surface area contributed by atoms with E-state index in [-0.39, 0.29) is 15.1 Å². The average Bonchev–Trinajstić information content (AvgIpc) is 2.66. The second kappa shape index (κ2) is 8.33. The van der Waals surface area contributed by atoms with Gasteiger partial charge in [-0.2, -0.15) is 8.42 Å². The highest BCUT2D eigenvalue weighted by Crippen LogP contribution is 2.32. The Morgan fingerprint density at radius 1 is 1.17 bits per heavy atom. The quantitative estimate of drug-likeness (QED) is 0.219. The van der Waals surface area contributed by atoms with Gasteiger partial charge in [-0.15, -0.1) is 0 Å². The third kappa shape index (κ3) is 4.97. The molecule has 0 spiro atoms. The highest BCUT2D eigenvalue weighted by molar-refractivity contribution is 7.86. The molecule has 162 valence electrons. The summed E-state index contributed by atoms with van der Waals surface area (Å²) < 4.78 is 31.7. The Hall–Kier alpha value is -2.49. The number of nitro groups is 1. The summed E-state index contributed by atoms with van der Waals surface area (Å²) in [6.45, 7) is 2.86. The molecule has 1 aliphatic heterocycles. The standard InChI is InChI=1S/C21H28N3O5S/c1-16-7-11-19(12-8-16)30(27,28)29-21(24(2,3)4)15-22-13-5-6-17-9-10-18(23(25)26)14-20(17)22/h7-12,14,21H,5-6,13,15H2,1-4H3/q+1. The smallest absolute Gasteiger partial charge is 0.301 e. The van der Waals surface area contributed by atoms with Crippen LogP contribution in [0.3, 0.4) is 0 Å². The first-order valence-corrected chi connectivity index (χ1v) is 11.2. The Labute approximate surface area is 177 Å². The number of quaternary nitrogens is 1. The van der Waals surface area contributed by atoms with E-state index < -0.39 is 21.3 Å². The third-order valence-corrected chi connectivity index (χ3v) is 6.61. The summed E-state index contributed by atoms with van der Waals surface area (Å²) in [7, 11) is 1.65.